The monoisotopic (exact) mass is 417 g/mol. The van der Waals surface area contributed by atoms with Crippen LogP contribution in [0.4, 0.5) is 8.78 Å². The Morgan fingerprint density at radius 2 is 1.74 bits per heavy atom. The fraction of sp³-hybridized carbons (Fsp3) is 0.393. The van der Waals surface area contributed by atoms with Crippen molar-refractivity contribution in [2.24, 2.45) is 5.92 Å². The fourth-order valence-electron chi connectivity index (χ4n) is 4.94. The van der Waals surface area contributed by atoms with Gasteiger partial charge < -0.3 is 0 Å². The summed E-state index contributed by atoms with van der Waals surface area (Å²) < 4.78 is 29.4. The number of fused-ring (bicyclic) bond motifs is 3. The van der Waals surface area contributed by atoms with Crippen molar-refractivity contribution in [3.8, 4) is 17.2 Å². The Kier molecular flexibility index (Phi) is 6.66. The van der Waals surface area contributed by atoms with Crippen LogP contribution in [0.3, 0.4) is 0 Å². The molecule has 3 heteroatoms. The molecule has 3 aromatic rings. The molecule has 0 unspecified atom stereocenters. The molecular formula is C28H29F2N. The zero-order valence-electron chi connectivity index (χ0n) is 18.1. The van der Waals surface area contributed by atoms with Gasteiger partial charge in [0.2, 0.25) is 0 Å². The van der Waals surface area contributed by atoms with Crippen LogP contribution in [0.5, 0.6) is 0 Å². The van der Waals surface area contributed by atoms with Crippen molar-refractivity contribution in [1.82, 2.24) is 0 Å². The van der Waals surface area contributed by atoms with E-state index in [0.29, 0.717) is 0 Å². The van der Waals surface area contributed by atoms with Crippen LogP contribution < -0.4 is 0 Å². The molecule has 0 spiro atoms. The molecule has 0 aliphatic heterocycles. The van der Waals surface area contributed by atoms with E-state index >= 15 is 4.39 Å². The highest BCUT2D eigenvalue weighted by Gasteiger charge is 2.30. The summed E-state index contributed by atoms with van der Waals surface area (Å²) in [7, 11) is 0. The topological polar surface area (TPSA) is 23.8 Å². The highest BCUT2D eigenvalue weighted by Crippen LogP contribution is 2.43. The minimum absolute atomic E-state index is 0.0486. The highest BCUT2D eigenvalue weighted by atomic mass is 19.1. The van der Waals surface area contributed by atoms with E-state index in [0.717, 1.165) is 58.7 Å². The highest BCUT2D eigenvalue weighted by molar-refractivity contribution is 5.91. The van der Waals surface area contributed by atoms with E-state index in [9.17, 15) is 4.39 Å². The third kappa shape index (κ3) is 4.49. The zero-order valence-corrected chi connectivity index (χ0v) is 18.1. The summed E-state index contributed by atoms with van der Waals surface area (Å²) >= 11 is 0. The van der Waals surface area contributed by atoms with Crippen LogP contribution in [0, 0.1) is 23.1 Å². The molecule has 0 saturated heterocycles. The summed E-state index contributed by atoms with van der Waals surface area (Å²) in [6.45, 7) is 2.21. The summed E-state index contributed by atoms with van der Waals surface area (Å²) in [6.07, 6.45) is 8.01. The van der Waals surface area contributed by atoms with Crippen LogP contribution >= 0.6 is 0 Å². The fourth-order valence-corrected chi connectivity index (χ4v) is 4.94. The van der Waals surface area contributed by atoms with Crippen molar-refractivity contribution in [1.29, 1.82) is 5.26 Å². The SMILES string of the molecule is CCCCCCC[C@@H]1CCc2c(ccc3cc(-c4ccc(C#N)c(F)c4)ccc23)[C@H]1F. The van der Waals surface area contributed by atoms with E-state index in [4.69, 9.17) is 5.26 Å². The predicted octanol–water partition coefficient (Wildman–Crippen LogP) is 8.45. The summed E-state index contributed by atoms with van der Waals surface area (Å²) in [5.74, 6) is -0.376. The second-order valence-electron chi connectivity index (χ2n) is 8.78. The number of unbranched alkanes of at least 4 members (excludes halogenated alkanes) is 4. The molecule has 3 aromatic carbocycles. The Bertz CT molecular complexity index is 1110. The van der Waals surface area contributed by atoms with Gasteiger partial charge in [-0.15, -0.1) is 0 Å². The number of hydrogen-bond acceptors (Lipinski definition) is 1. The Morgan fingerprint density at radius 1 is 0.968 bits per heavy atom. The summed E-state index contributed by atoms with van der Waals surface area (Å²) in [4.78, 5) is 0. The lowest BCUT2D eigenvalue weighted by atomic mass is 9.78. The standard InChI is InChI=1S/C28H29F2N/c1-2-3-4-5-6-7-19-10-14-25-24-13-11-20(16-22(24)12-15-26(25)28(19)30)21-8-9-23(18-31)27(29)17-21/h8-9,11-13,15-17,19,28H,2-7,10,14H2,1H3/t19-,28+/m1/s1. The van der Waals surface area contributed by atoms with Gasteiger partial charge in [-0.25, -0.2) is 8.78 Å². The lowest BCUT2D eigenvalue weighted by Gasteiger charge is -2.29. The maximum Gasteiger partial charge on any atom is 0.141 e. The molecule has 0 bridgehead atoms. The van der Waals surface area contributed by atoms with Crippen molar-refractivity contribution in [2.45, 2.75) is 64.5 Å². The third-order valence-corrected chi connectivity index (χ3v) is 6.75. The summed E-state index contributed by atoms with van der Waals surface area (Å²) in [5, 5.41) is 11.1. The minimum atomic E-state index is -0.883. The number of halogens is 2. The van der Waals surface area contributed by atoms with Crippen LogP contribution in [-0.4, -0.2) is 0 Å². The molecule has 0 aromatic heterocycles. The Balaban J connectivity index is 1.56. The maximum absolute atomic E-state index is 15.3. The van der Waals surface area contributed by atoms with E-state index in [1.807, 2.05) is 36.4 Å². The van der Waals surface area contributed by atoms with Gasteiger partial charge >= 0.3 is 0 Å². The number of benzene rings is 3. The van der Waals surface area contributed by atoms with Crippen molar-refractivity contribution < 1.29 is 8.78 Å². The molecule has 31 heavy (non-hydrogen) atoms. The van der Waals surface area contributed by atoms with E-state index in [-0.39, 0.29) is 11.5 Å². The van der Waals surface area contributed by atoms with E-state index in [1.54, 1.807) is 6.07 Å². The normalized spacial score (nSPS) is 18.0. The third-order valence-electron chi connectivity index (χ3n) is 6.75. The Hall–Kier alpha value is -2.73. The number of nitrogens with zero attached hydrogens (tertiary/aromatic N) is 1. The quantitative estimate of drug-likeness (QED) is 0.354. The molecule has 0 fully saturated rings. The lowest BCUT2D eigenvalue weighted by molar-refractivity contribution is 0.192. The van der Waals surface area contributed by atoms with Crippen molar-refractivity contribution >= 4 is 10.8 Å². The molecule has 4 rings (SSSR count). The molecule has 1 aliphatic rings. The molecule has 160 valence electrons. The van der Waals surface area contributed by atoms with Crippen molar-refractivity contribution in [3.05, 3.63) is 71.0 Å². The van der Waals surface area contributed by atoms with Crippen LogP contribution in [0.2, 0.25) is 0 Å². The first-order chi connectivity index (χ1) is 15.1. The van der Waals surface area contributed by atoms with Gasteiger partial charge in [0.05, 0.1) is 5.56 Å². The van der Waals surface area contributed by atoms with Crippen LogP contribution in [-0.2, 0) is 6.42 Å². The smallest absolute Gasteiger partial charge is 0.141 e. The minimum Gasteiger partial charge on any atom is -0.242 e. The Morgan fingerprint density at radius 3 is 2.52 bits per heavy atom. The number of hydrogen-bond donors (Lipinski definition) is 0. The van der Waals surface area contributed by atoms with Gasteiger partial charge in [-0.3, -0.25) is 0 Å². The van der Waals surface area contributed by atoms with E-state index in [1.165, 1.54) is 37.8 Å². The van der Waals surface area contributed by atoms with Gasteiger partial charge in [0.15, 0.2) is 0 Å². The first-order valence-corrected chi connectivity index (χ1v) is 11.5. The van der Waals surface area contributed by atoms with E-state index in [2.05, 4.69) is 6.92 Å². The largest absolute Gasteiger partial charge is 0.242 e. The second kappa shape index (κ2) is 9.60. The average molecular weight is 418 g/mol. The van der Waals surface area contributed by atoms with Gasteiger partial charge in [-0.05, 0) is 76.4 Å². The van der Waals surface area contributed by atoms with Crippen LogP contribution in [0.1, 0.15) is 74.7 Å². The number of aryl methyl sites for hydroxylation is 1. The van der Waals surface area contributed by atoms with Gasteiger partial charge in [-0.1, -0.05) is 69.4 Å². The van der Waals surface area contributed by atoms with Crippen LogP contribution in [0.15, 0.2) is 48.5 Å². The molecule has 2 atom stereocenters. The summed E-state index contributed by atoms with van der Waals surface area (Å²) in [6, 6.07) is 16.5. The molecule has 1 nitrogen and oxygen atoms in total. The zero-order chi connectivity index (χ0) is 21.8. The average Bonchev–Trinajstić information content (AvgIpc) is 2.79. The lowest BCUT2D eigenvalue weighted by Crippen LogP contribution is -2.18. The molecule has 0 N–H and O–H groups in total. The van der Waals surface area contributed by atoms with Gasteiger partial charge in [0.25, 0.3) is 0 Å². The maximum atomic E-state index is 15.3. The predicted molar refractivity (Wildman–Crippen MR) is 123 cm³/mol. The van der Waals surface area contributed by atoms with E-state index < -0.39 is 12.0 Å². The molecule has 0 saturated carbocycles. The number of rotatable bonds is 7. The van der Waals surface area contributed by atoms with Gasteiger partial charge in [-0.2, -0.15) is 5.26 Å². The number of alkyl halides is 1. The number of nitriles is 1. The Labute approximate surface area is 183 Å². The first-order valence-electron chi connectivity index (χ1n) is 11.5. The molecule has 0 amide bonds. The van der Waals surface area contributed by atoms with Gasteiger partial charge in [0, 0.05) is 0 Å². The molecule has 0 heterocycles. The van der Waals surface area contributed by atoms with Crippen molar-refractivity contribution in [2.75, 3.05) is 0 Å². The first kappa shape index (κ1) is 21.5. The molecular weight excluding hydrogens is 388 g/mol. The second-order valence-corrected chi connectivity index (χ2v) is 8.78. The van der Waals surface area contributed by atoms with Gasteiger partial charge in [0.1, 0.15) is 18.1 Å². The molecule has 1 aliphatic carbocycles. The summed E-state index contributed by atoms with van der Waals surface area (Å²) in [5.41, 5.74) is 3.67. The molecule has 0 radical (unpaired) electrons. The van der Waals surface area contributed by atoms with Crippen molar-refractivity contribution in [3.63, 3.8) is 0 Å². The van der Waals surface area contributed by atoms with Crippen LogP contribution in [0.25, 0.3) is 21.9 Å².